The second-order valence-electron chi connectivity index (χ2n) is 3.11. The Bertz CT molecular complexity index is 450. The lowest BCUT2D eigenvalue weighted by Crippen LogP contribution is -1.94. The molecule has 0 fully saturated rings. The highest BCUT2D eigenvalue weighted by Gasteiger charge is 2.07. The maximum atomic E-state index is 9.74. The van der Waals surface area contributed by atoms with Gasteiger partial charge in [0.05, 0.1) is 12.3 Å². The molecule has 1 heterocycles. The molecule has 0 amide bonds. The highest BCUT2D eigenvalue weighted by Crippen LogP contribution is 2.24. The number of nitrogens with zero attached hydrogens (tertiary/aromatic N) is 4. The van der Waals surface area contributed by atoms with Crippen LogP contribution in [0, 0.1) is 6.92 Å². The number of aromatic nitrogens is 1. The molecule has 0 aliphatic carbocycles. The normalized spacial score (nSPS) is 10.4. The van der Waals surface area contributed by atoms with E-state index in [2.05, 4.69) is 15.0 Å². The summed E-state index contributed by atoms with van der Waals surface area (Å²) < 4.78 is 0. The first-order valence-corrected chi connectivity index (χ1v) is 4.66. The third kappa shape index (κ3) is 2.73. The molecule has 0 saturated carbocycles. The van der Waals surface area contributed by atoms with Gasteiger partial charge in [0.25, 0.3) is 0 Å². The van der Waals surface area contributed by atoms with Crippen molar-refractivity contribution in [2.75, 3.05) is 6.54 Å². The molecule has 84 valence electrons. The lowest BCUT2D eigenvalue weighted by atomic mass is 10.1. The van der Waals surface area contributed by atoms with Gasteiger partial charge in [-0.05, 0) is 12.5 Å². The van der Waals surface area contributed by atoms with Gasteiger partial charge in [-0.2, -0.15) is 0 Å². The van der Waals surface area contributed by atoms with Crippen LogP contribution in [-0.4, -0.2) is 21.7 Å². The van der Waals surface area contributed by atoms with E-state index in [1.54, 1.807) is 19.1 Å². The topological polar surface area (TPSA) is 102 Å². The number of aromatic hydroxyl groups is 1. The molecule has 0 bridgehead atoms. The predicted molar refractivity (Wildman–Crippen MR) is 59.6 cm³/mol. The van der Waals surface area contributed by atoms with E-state index in [9.17, 15) is 5.11 Å². The van der Waals surface area contributed by atoms with E-state index in [-0.39, 0.29) is 18.9 Å². The van der Waals surface area contributed by atoms with Gasteiger partial charge in [0.15, 0.2) is 0 Å². The molecule has 0 radical (unpaired) electrons. The zero-order valence-electron chi connectivity index (χ0n) is 8.83. The third-order valence-corrected chi connectivity index (χ3v) is 2.06. The van der Waals surface area contributed by atoms with Crippen LogP contribution >= 0.6 is 0 Å². The lowest BCUT2D eigenvalue weighted by Gasteiger charge is -2.07. The zero-order valence-corrected chi connectivity index (χ0v) is 8.83. The molecule has 0 aliphatic rings. The number of aliphatic hydroxyl groups excluding tert-OH is 1. The molecule has 0 aromatic carbocycles. The minimum absolute atomic E-state index is 0.0312. The largest absolute Gasteiger partial charge is 0.505 e. The summed E-state index contributed by atoms with van der Waals surface area (Å²) in [7, 11) is 0. The van der Waals surface area contributed by atoms with Crippen molar-refractivity contribution in [3.8, 4) is 5.75 Å². The van der Waals surface area contributed by atoms with E-state index < -0.39 is 0 Å². The van der Waals surface area contributed by atoms with E-state index >= 15 is 0 Å². The Kier molecular flexibility index (Phi) is 4.32. The molecule has 0 unspecified atom stereocenters. The van der Waals surface area contributed by atoms with Crippen molar-refractivity contribution in [2.45, 2.75) is 13.5 Å². The van der Waals surface area contributed by atoms with Crippen molar-refractivity contribution >= 4 is 6.08 Å². The van der Waals surface area contributed by atoms with Gasteiger partial charge in [-0.15, -0.1) is 0 Å². The van der Waals surface area contributed by atoms with Crippen LogP contribution in [0.3, 0.4) is 0 Å². The number of azide groups is 1. The van der Waals surface area contributed by atoms with E-state index in [1.807, 2.05) is 0 Å². The van der Waals surface area contributed by atoms with E-state index in [1.165, 1.54) is 6.20 Å². The highest BCUT2D eigenvalue weighted by molar-refractivity contribution is 5.61. The number of rotatable bonds is 4. The number of pyridine rings is 1. The fraction of sp³-hybridized carbons (Fsp3) is 0.300. The summed E-state index contributed by atoms with van der Waals surface area (Å²) in [5, 5.41) is 22.1. The molecule has 0 aliphatic heterocycles. The Morgan fingerprint density at radius 2 is 2.38 bits per heavy atom. The van der Waals surface area contributed by atoms with Gasteiger partial charge >= 0.3 is 0 Å². The van der Waals surface area contributed by atoms with Crippen LogP contribution in [0.4, 0.5) is 0 Å². The fourth-order valence-electron chi connectivity index (χ4n) is 1.22. The number of hydrogen-bond donors (Lipinski definition) is 2. The predicted octanol–water partition coefficient (Wildman–Crippen LogP) is 1.91. The zero-order chi connectivity index (χ0) is 12.0. The highest BCUT2D eigenvalue weighted by atomic mass is 16.3. The molecular weight excluding hydrogens is 208 g/mol. The van der Waals surface area contributed by atoms with Crippen LogP contribution in [-0.2, 0) is 6.61 Å². The van der Waals surface area contributed by atoms with Gasteiger partial charge in [-0.1, -0.05) is 17.3 Å². The van der Waals surface area contributed by atoms with E-state index in [0.717, 1.165) is 0 Å². The summed E-state index contributed by atoms with van der Waals surface area (Å²) in [5.41, 5.74) is 9.61. The second kappa shape index (κ2) is 5.75. The van der Waals surface area contributed by atoms with Gasteiger partial charge in [-0.3, -0.25) is 4.98 Å². The van der Waals surface area contributed by atoms with Crippen molar-refractivity contribution in [3.63, 3.8) is 0 Å². The molecule has 16 heavy (non-hydrogen) atoms. The monoisotopic (exact) mass is 220 g/mol. The molecule has 1 rings (SSSR count). The third-order valence-electron chi connectivity index (χ3n) is 2.06. The number of hydrogen-bond acceptors (Lipinski definition) is 4. The van der Waals surface area contributed by atoms with Crippen molar-refractivity contribution in [2.24, 2.45) is 5.11 Å². The SMILES string of the molecule is Cc1ncc(CO)c(C=CCN=[N+]=[N-])c1O. The minimum Gasteiger partial charge on any atom is -0.505 e. The van der Waals surface area contributed by atoms with Gasteiger partial charge in [0.2, 0.25) is 0 Å². The van der Waals surface area contributed by atoms with Crippen LogP contribution < -0.4 is 0 Å². The van der Waals surface area contributed by atoms with Crippen molar-refractivity contribution in [1.29, 1.82) is 0 Å². The van der Waals surface area contributed by atoms with Gasteiger partial charge in [-0.25, -0.2) is 0 Å². The van der Waals surface area contributed by atoms with E-state index in [4.69, 9.17) is 10.6 Å². The molecule has 0 saturated heterocycles. The van der Waals surface area contributed by atoms with Gasteiger partial charge < -0.3 is 10.2 Å². The molecule has 6 heteroatoms. The van der Waals surface area contributed by atoms with Crippen LogP contribution in [0.1, 0.15) is 16.8 Å². The van der Waals surface area contributed by atoms with Crippen molar-refractivity contribution < 1.29 is 10.2 Å². The Balaban J connectivity index is 3.04. The first-order valence-electron chi connectivity index (χ1n) is 4.66. The fourth-order valence-corrected chi connectivity index (χ4v) is 1.22. The van der Waals surface area contributed by atoms with Crippen molar-refractivity contribution in [1.82, 2.24) is 4.98 Å². The van der Waals surface area contributed by atoms with Gasteiger partial charge in [0, 0.05) is 28.8 Å². The maximum Gasteiger partial charge on any atom is 0.144 e. The molecule has 1 aromatic heterocycles. The molecule has 0 spiro atoms. The summed E-state index contributed by atoms with van der Waals surface area (Å²) in [6, 6.07) is 0. The lowest BCUT2D eigenvalue weighted by molar-refractivity contribution is 0.280. The first-order chi connectivity index (χ1) is 7.70. The second-order valence-corrected chi connectivity index (χ2v) is 3.11. The molecule has 0 atom stereocenters. The summed E-state index contributed by atoms with van der Waals surface area (Å²) in [6.45, 7) is 1.66. The standard InChI is InChI=1S/C10H12N4O2/c1-7-10(16)9(3-2-4-13-14-11)8(6-15)5-12-7/h2-3,5,15-16H,4,6H2,1H3. The number of aryl methyl sites for hydroxylation is 1. The van der Waals surface area contributed by atoms with Crippen LogP contribution in [0.15, 0.2) is 17.4 Å². The maximum absolute atomic E-state index is 9.74. The van der Waals surface area contributed by atoms with Crippen LogP contribution in [0.5, 0.6) is 5.75 Å². The Labute approximate surface area is 92.5 Å². The van der Waals surface area contributed by atoms with E-state index in [0.29, 0.717) is 16.8 Å². The summed E-state index contributed by atoms with van der Waals surface area (Å²) in [4.78, 5) is 6.53. The van der Waals surface area contributed by atoms with Gasteiger partial charge in [0.1, 0.15) is 5.75 Å². The van der Waals surface area contributed by atoms with Crippen LogP contribution in [0.25, 0.3) is 16.5 Å². The summed E-state index contributed by atoms with van der Waals surface area (Å²) >= 11 is 0. The Morgan fingerprint density at radius 1 is 1.62 bits per heavy atom. The first kappa shape index (κ1) is 12.0. The summed E-state index contributed by atoms with van der Waals surface area (Å²) in [6.07, 6.45) is 4.71. The molecule has 2 N–H and O–H groups in total. The minimum atomic E-state index is -0.206. The molecular formula is C10H12N4O2. The molecule has 1 aromatic rings. The van der Waals surface area contributed by atoms with Crippen LogP contribution in [0.2, 0.25) is 0 Å². The van der Waals surface area contributed by atoms with Crippen molar-refractivity contribution in [3.05, 3.63) is 39.5 Å². The Morgan fingerprint density at radius 3 is 3.00 bits per heavy atom. The average Bonchev–Trinajstić information content (AvgIpc) is 2.30. The quantitative estimate of drug-likeness (QED) is 0.460. The Hall–Kier alpha value is -2.04. The smallest absolute Gasteiger partial charge is 0.144 e. The summed E-state index contributed by atoms with van der Waals surface area (Å²) in [5.74, 6) is 0.0312. The molecule has 6 nitrogen and oxygen atoms in total. The average molecular weight is 220 g/mol. The number of aliphatic hydroxyl groups is 1.